The number of carbonyl (C=O) groups excluding carboxylic acids is 1. The third kappa shape index (κ3) is 2.91. The summed E-state index contributed by atoms with van der Waals surface area (Å²) in [7, 11) is 1.55. The van der Waals surface area contributed by atoms with Gasteiger partial charge in [-0.2, -0.15) is 5.10 Å². The predicted molar refractivity (Wildman–Crippen MR) is 104 cm³/mol. The van der Waals surface area contributed by atoms with Crippen molar-refractivity contribution in [3.05, 3.63) is 78.0 Å². The molecule has 3 aromatic carbocycles. The van der Waals surface area contributed by atoms with E-state index in [0.717, 1.165) is 27.2 Å². The average molecular weight is 343 g/mol. The smallest absolute Gasteiger partial charge is 0.275 e. The Morgan fingerprint density at radius 3 is 2.62 bits per heavy atom. The van der Waals surface area contributed by atoms with Gasteiger partial charge in [0, 0.05) is 22.7 Å². The minimum Gasteiger partial charge on any atom is -0.496 e. The molecule has 5 heteroatoms. The SMILES string of the molecule is COc1cc2ccccc2cc1C(=O)NN=Cc1c[nH]c2ccccc12. The third-order valence-corrected chi connectivity index (χ3v) is 4.30. The van der Waals surface area contributed by atoms with E-state index in [1.165, 1.54) is 0 Å². The topological polar surface area (TPSA) is 66.5 Å². The van der Waals surface area contributed by atoms with Gasteiger partial charge >= 0.3 is 0 Å². The lowest BCUT2D eigenvalue weighted by Gasteiger charge is -2.09. The van der Waals surface area contributed by atoms with Crippen molar-refractivity contribution < 1.29 is 9.53 Å². The number of carbonyl (C=O) groups is 1. The monoisotopic (exact) mass is 343 g/mol. The molecule has 0 aliphatic rings. The second kappa shape index (κ2) is 6.72. The van der Waals surface area contributed by atoms with Gasteiger partial charge in [0.05, 0.1) is 18.9 Å². The van der Waals surface area contributed by atoms with Crippen molar-refractivity contribution in [2.24, 2.45) is 5.10 Å². The highest BCUT2D eigenvalue weighted by molar-refractivity contribution is 6.03. The van der Waals surface area contributed by atoms with Crippen LogP contribution < -0.4 is 10.2 Å². The number of hydrogen-bond donors (Lipinski definition) is 2. The molecule has 0 aliphatic carbocycles. The van der Waals surface area contributed by atoms with Crippen molar-refractivity contribution >= 4 is 33.8 Å². The van der Waals surface area contributed by atoms with Gasteiger partial charge in [-0.15, -0.1) is 0 Å². The van der Waals surface area contributed by atoms with Crippen LogP contribution >= 0.6 is 0 Å². The molecule has 1 heterocycles. The number of nitrogens with zero attached hydrogens (tertiary/aromatic N) is 1. The third-order valence-electron chi connectivity index (χ3n) is 4.30. The molecule has 4 rings (SSSR count). The molecule has 0 bridgehead atoms. The average Bonchev–Trinajstić information content (AvgIpc) is 3.10. The number of methoxy groups -OCH3 is 1. The molecule has 1 aromatic heterocycles. The van der Waals surface area contributed by atoms with Crippen molar-refractivity contribution in [2.75, 3.05) is 7.11 Å². The Kier molecular flexibility index (Phi) is 4.11. The summed E-state index contributed by atoms with van der Waals surface area (Å²) in [5.74, 6) is 0.201. The highest BCUT2D eigenvalue weighted by Crippen LogP contribution is 2.25. The Hall–Kier alpha value is -3.60. The Morgan fingerprint density at radius 1 is 1.08 bits per heavy atom. The first-order chi connectivity index (χ1) is 12.8. The van der Waals surface area contributed by atoms with E-state index in [9.17, 15) is 4.79 Å². The largest absolute Gasteiger partial charge is 0.496 e. The highest BCUT2D eigenvalue weighted by atomic mass is 16.5. The maximum Gasteiger partial charge on any atom is 0.275 e. The first kappa shape index (κ1) is 15.9. The number of H-pyrrole nitrogens is 1. The number of fused-ring (bicyclic) bond motifs is 2. The number of aromatic nitrogens is 1. The maximum absolute atomic E-state index is 12.5. The lowest BCUT2D eigenvalue weighted by atomic mass is 10.1. The second-order valence-electron chi connectivity index (χ2n) is 5.89. The number of rotatable bonds is 4. The highest BCUT2D eigenvalue weighted by Gasteiger charge is 2.13. The van der Waals surface area contributed by atoms with Crippen LogP contribution in [0.3, 0.4) is 0 Å². The van der Waals surface area contributed by atoms with E-state index in [0.29, 0.717) is 11.3 Å². The van der Waals surface area contributed by atoms with E-state index in [1.807, 2.05) is 66.9 Å². The summed E-state index contributed by atoms with van der Waals surface area (Å²) in [6.45, 7) is 0. The minimum atomic E-state index is -0.316. The van der Waals surface area contributed by atoms with Crippen molar-refractivity contribution in [2.45, 2.75) is 0 Å². The van der Waals surface area contributed by atoms with E-state index < -0.39 is 0 Å². The number of nitrogens with one attached hydrogen (secondary N) is 2. The molecule has 0 atom stereocenters. The van der Waals surface area contributed by atoms with Crippen molar-refractivity contribution in [1.82, 2.24) is 10.4 Å². The van der Waals surface area contributed by atoms with Gasteiger partial charge in [0.2, 0.25) is 0 Å². The Morgan fingerprint density at radius 2 is 1.81 bits per heavy atom. The fourth-order valence-electron chi connectivity index (χ4n) is 2.99. The molecule has 2 N–H and O–H groups in total. The summed E-state index contributed by atoms with van der Waals surface area (Å²) >= 11 is 0. The molecule has 1 amide bonds. The zero-order valence-electron chi connectivity index (χ0n) is 14.2. The second-order valence-corrected chi connectivity index (χ2v) is 5.89. The van der Waals surface area contributed by atoms with E-state index >= 15 is 0 Å². The first-order valence-corrected chi connectivity index (χ1v) is 8.22. The van der Waals surface area contributed by atoms with Crippen LogP contribution in [0.5, 0.6) is 5.75 Å². The lowest BCUT2D eigenvalue weighted by molar-refractivity contribution is 0.0952. The number of hydrogen-bond acceptors (Lipinski definition) is 3. The molecule has 0 fully saturated rings. The molecule has 0 aliphatic heterocycles. The van der Waals surface area contributed by atoms with Gasteiger partial charge < -0.3 is 9.72 Å². The summed E-state index contributed by atoms with van der Waals surface area (Å²) in [6, 6.07) is 19.4. The maximum atomic E-state index is 12.5. The van der Waals surface area contributed by atoms with E-state index in [-0.39, 0.29) is 5.91 Å². The summed E-state index contributed by atoms with van der Waals surface area (Å²) in [6.07, 6.45) is 3.49. The number of para-hydroxylation sites is 1. The molecule has 4 aromatic rings. The quantitative estimate of drug-likeness (QED) is 0.433. The fourth-order valence-corrected chi connectivity index (χ4v) is 2.99. The van der Waals surface area contributed by atoms with Crippen LogP contribution in [0.1, 0.15) is 15.9 Å². The molecule has 0 radical (unpaired) electrons. The summed E-state index contributed by atoms with van der Waals surface area (Å²) in [5, 5.41) is 7.13. The van der Waals surface area contributed by atoms with Gasteiger partial charge in [0.1, 0.15) is 5.75 Å². The van der Waals surface area contributed by atoms with Gasteiger partial charge in [0.15, 0.2) is 0 Å². The molecule has 0 saturated carbocycles. The molecule has 26 heavy (non-hydrogen) atoms. The number of aromatic amines is 1. The molecule has 5 nitrogen and oxygen atoms in total. The Labute approximate surface area is 150 Å². The Bertz CT molecular complexity index is 1130. The summed E-state index contributed by atoms with van der Waals surface area (Å²) in [4.78, 5) is 15.7. The zero-order chi connectivity index (χ0) is 17.9. The molecule has 128 valence electrons. The van der Waals surface area contributed by atoms with Crippen LogP contribution in [-0.2, 0) is 0 Å². The lowest BCUT2D eigenvalue weighted by Crippen LogP contribution is -2.18. The standard InChI is InChI=1S/C21H17N3O2/c1-26-20-11-15-7-3-2-6-14(15)10-18(20)21(25)24-23-13-16-12-22-19-9-5-4-8-17(16)19/h2-13,22H,1H3,(H,24,25). The minimum absolute atomic E-state index is 0.316. The molecule has 0 saturated heterocycles. The van der Waals surface area contributed by atoms with Crippen LogP contribution in [0, 0.1) is 0 Å². The number of hydrazone groups is 1. The van der Waals surface area contributed by atoms with Crippen molar-refractivity contribution in [3.8, 4) is 5.75 Å². The van der Waals surface area contributed by atoms with Gasteiger partial charge in [0.25, 0.3) is 5.91 Å². The van der Waals surface area contributed by atoms with E-state index in [2.05, 4.69) is 15.5 Å². The molecule has 0 spiro atoms. The predicted octanol–water partition coefficient (Wildman–Crippen LogP) is 4.09. The molecular formula is C21H17N3O2. The summed E-state index contributed by atoms with van der Waals surface area (Å²) < 4.78 is 5.37. The van der Waals surface area contributed by atoms with Crippen LogP contribution in [0.4, 0.5) is 0 Å². The zero-order valence-corrected chi connectivity index (χ0v) is 14.2. The van der Waals surface area contributed by atoms with Gasteiger partial charge in [-0.3, -0.25) is 4.79 Å². The van der Waals surface area contributed by atoms with Crippen molar-refractivity contribution in [1.29, 1.82) is 0 Å². The van der Waals surface area contributed by atoms with Crippen LogP contribution in [0.25, 0.3) is 21.7 Å². The van der Waals surface area contributed by atoms with Gasteiger partial charge in [-0.25, -0.2) is 5.43 Å². The number of benzene rings is 3. The van der Waals surface area contributed by atoms with Crippen LogP contribution in [-0.4, -0.2) is 24.2 Å². The summed E-state index contributed by atoms with van der Waals surface area (Å²) in [5.41, 5.74) is 4.96. The van der Waals surface area contributed by atoms with Crippen molar-refractivity contribution in [3.63, 3.8) is 0 Å². The fraction of sp³-hybridized carbons (Fsp3) is 0.0476. The van der Waals surface area contributed by atoms with Gasteiger partial charge in [-0.1, -0.05) is 42.5 Å². The van der Waals surface area contributed by atoms with Crippen LogP contribution in [0.15, 0.2) is 72.0 Å². The van der Waals surface area contributed by atoms with Crippen LogP contribution in [0.2, 0.25) is 0 Å². The Balaban J connectivity index is 1.59. The number of amides is 1. The van der Waals surface area contributed by atoms with Gasteiger partial charge in [-0.05, 0) is 29.0 Å². The number of ether oxygens (including phenoxy) is 1. The van der Waals surface area contributed by atoms with E-state index in [1.54, 1.807) is 13.3 Å². The molecular weight excluding hydrogens is 326 g/mol. The normalized spacial score (nSPS) is 11.3. The first-order valence-electron chi connectivity index (χ1n) is 8.22. The molecule has 0 unspecified atom stereocenters. The van der Waals surface area contributed by atoms with E-state index in [4.69, 9.17) is 4.74 Å².